The van der Waals surface area contributed by atoms with Gasteiger partial charge in [-0.1, -0.05) is 89.5 Å². The van der Waals surface area contributed by atoms with Crippen LogP contribution in [-0.4, -0.2) is 48.4 Å². The Balaban J connectivity index is 1.48. The molecule has 3 heteroatoms. The predicted octanol–water partition coefficient (Wildman–Crippen LogP) is 8.66. The second-order valence-electron chi connectivity index (χ2n) is 15.6. The molecular formula is C35H54N2Si. The van der Waals surface area contributed by atoms with Gasteiger partial charge >= 0.3 is 0 Å². The van der Waals surface area contributed by atoms with E-state index in [1.54, 1.807) is 11.1 Å². The summed E-state index contributed by atoms with van der Waals surface area (Å²) in [7, 11) is -1.83. The van der Waals surface area contributed by atoms with E-state index in [4.69, 9.17) is 0 Å². The highest BCUT2D eigenvalue weighted by atomic mass is 28.3. The maximum absolute atomic E-state index is 3.16. The molecule has 0 amide bonds. The van der Waals surface area contributed by atoms with Crippen molar-refractivity contribution in [2.24, 2.45) is 17.8 Å². The van der Waals surface area contributed by atoms with Crippen molar-refractivity contribution in [3.05, 3.63) is 53.1 Å². The van der Waals surface area contributed by atoms with E-state index in [2.05, 4.69) is 101 Å². The molecule has 1 saturated heterocycles. The monoisotopic (exact) mass is 530 g/mol. The Morgan fingerprint density at radius 2 is 1.55 bits per heavy atom. The average Bonchev–Trinajstić information content (AvgIpc) is 3.52. The quantitative estimate of drug-likeness (QED) is 0.359. The number of allylic oxidation sites excluding steroid dienone is 3. The molecular weight excluding hydrogens is 476 g/mol. The van der Waals surface area contributed by atoms with E-state index in [1.807, 2.05) is 0 Å². The third kappa shape index (κ3) is 4.08. The Bertz CT molecular complexity index is 1110. The highest BCUT2D eigenvalue weighted by molar-refractivity contribution is 6.76. The Labute approximate surface area is 235 Å². The minimum atomic E-state index is -1.83. The maximum atomic E-state index is 3.16. The zero-order valence-corrected chi connectivity index (χ0v) is 26.7. The standard InChI is InChI=1S/C35H54N2Si/c1-24-32(36-20-14-15-21-36)28-23-31-27(26-18-12-13-19-30(26)35(31,5)6)22-29(28)33(24)38(7,8)37(34(2,3)4)25-16-10-9-11-17-25/h12-13,18-19,22-25,28-29,32-33H,9-11,14-17,20-21H2,1-8H3. The smallest absolute Gasteiger partial charge is 0.127 e. The third-order valence-corrected chi connectivity index (χ3v) is 16.4. The molecule has 5 atom stereocenters. The maximum Gasteiger partial charge on any atom is 0.127 e. The van der Waals surface area contributed by atoms with Gasteiger partial charge in [-0.3, -0.25) is 4.90 Å². The first kappa shape index (κ1) is 27.0. The molecule has 38 heavy (non-hydrogen) atoms. The SMILES string of the molecule is CC1C(N2CCCC2)C2C=C3C(=CC2C1[Si](C)(C)N(C1CCCCC1)C(C)(C)C)c1ccccc1C3(C)C. The molecule has 2 nitrogen and oxygen atoms in total. The molecule has 0 radical (unpaired) electrons. The van der Waals surface area contributed by atoms with E-state index in [0.717, 1.165) is 17.5 Å². The highest BCUT2D eigenvalue weighted by Gasteiger charge is 2.60. The number of hydrogen-bond acceptors (Lipinski definition) is 2. The molecule has 208 valence electrons. The van der Waals surface area contributed by atoms with Crippen LogP contribution < -0.4 is 0 Å². The molecule has 1 aromatic rings. The number of rotatable bonds is 4. The van der Waals surface area contributed by atoms with Crippen LogP contribution in [0.4, 0.5) is 0 Å². The summed E-state index contributed by atoms with van der Waals surface area (Å²) in [5.74, 6) is 2.05. The summed E-state index contributed by atoms with van der Waals surface area (Å²) in [6.07, 6.45) is 15.5. The van der Waals surface area contributed by atoms with Gasteiger partial charge in [0.2, 0.25) is 0 Å². The molecule has 0 bridgehead atoms. The fourth-order valence-electron chi connectivity index (χ4n) is 10.7. The van der Waals surface area contributed by atoms with E-state index >= 15 is 0 Å². The first-order chi connectivity index (χ1) is 17.9. The van der Waals surface area contributed by atoms with Crippen LogP contribution in [0.1, 0.15) is 97.6 Å². The van der Waals surface area contributed by atoms with E-state index in [0.29, 0.717) is 17.9 Å². The molecule has 1 aromatic carbocycles. The van der Waals surface area contributed by atoms with Crippen molar-refractivity contribution < 1.29 is 0 Å². The molecule has 4 aliphatic carbocycles. The largest absolute Gasteiger partial charge is 0.316 e. The van der Waals surface area contributed by atoms with Gasteiger partial charge in [-0.2, -0.15) is 0 Å². The topological polar surface area (TPSA) is 6.48 Å². The number of nitrogens with zero attached hydrogens (tertiary/aromatic N) is 2. The lowest BCUT2D eigenvalue weighted by molar-refractivity contribution is 0.137. The second kappa shape index (κ2) is 9.45. The van der Waals surface area contributed by atoms with Gasteiger partial charge in [-0.25, -0.2) is 0 Å². The summed E-state index contributed by atoms with van der Waals surface area (Å²) >= 11 is 0. The van der Waals surface area contributed by atoms with Crippen LogP contribution in [0.15, 0.2) is 42.0 Å². The van der Waals surface area contributed by atoms with E-state index in [1.165, 1.54) is 69.2 Å². The number of fused-ring (bicyclic) bond motifs is 4. The summed E-state index contributed by atoms with van der Waals surface area (Å²) in [6.45, 7) is 23.4. The highest BCUT2D eigenvalue weighted by Crippen LogP contribution is 2.62. The van der Waals surface area contributed by atoms with Crippen LogP contribution in [-0.2, 0) is 5.41 Å². The minimum Gasteiger partial charge on any atom is -0.316 e. The van der Waals surface area contributed by atoms with Crippen LogP contribution in [0.5, 0.6) is 0 Å². The summed E-state index contributed by atoms with van der Waals surface area (Å²) in [5, 5.41) is 0. The minimum absolute atomic E-state index is 0.108. The molecule has 1 aliphatic heterocycles. The van der Waals surface area contributed by atoms with Crippen LogP contribution in [0.3, 0.4) is 0 Å². The van der Waals surface area contributed by atoms with Gasteiger partial charge in [0.05, 0.1) is 0 Å². The summed E-state index contributed by atoms with van der Waals surface area (Å²) in [4.78, 5) is 2.93. The van der Waals surface area contributed by atoms with Crippen molar-refractivity contribution in [1.82, 2.24) is 9.47 Å². The van der Waals surface area contributed by atoms with Crippen molar-refractivity contribution >= 4 is 13.8 Å². The normalized spacial score (nSPS) is 33.7. The summed E-state index contributed by atoms with van der Waals surface area (Å²) < 4.78 is 3.16. The van der Waals surface area contributed by atoms with Crippen LogP contribution in [0, 0.1) is 17.8 Å². The average molecular weight is 531 g/mol. The van der Waals surface area contributed by atoms with Crippen molar-refractivity contribution in [2.75, 3.05) is 13.1 Å². The van der Waals surface area contributed by atoms with Crippen molar-refractivity contribution in [3.63, 3.8) is 0 Å². The Morgan fingerprint density at radius 3 is 2.21 bits per heavy atom. The van der Waals surface area contributed by atoms with Gasteiger partial charge in [0.25, 0.3) is 0 Å². The third-order valence-electron chi connectivity index (χ3n) is 11.6. The van der Waals surface area contributed by atoms with E-state index < -0.39 is 8.24 Å². The van der Waals surface area contributed by atoms with E-state index in [-0.39, 0.29) is 11.0 Å². The predicted molar refractivity (Wildman–Crippen MR) is 166 cm³/mol. The number of hydrogen-bond donors (Lipinski definition) is 0. The second-order valence-corrected chi connectivity index (χ2v) is 20.0. The zero-order valence-electron chi connectivity index (χ0n) is 25.7. The van der Waals surface area contributed by atoms with Gasteiger partial charge in [-0.05, 0) is 105 Å². The summed E-state index contributed by atoms with van der Waals surface area (Å²) in [5.41, 5.74) is 7.36. The van der Waals surface area contributed by atoms with E-state index in [9.17, 15) is 0 Å². The fraction of sp³-hybridized carbons (Fsp3) is 0.714. The Morgan fingerprint density at radius 1 is 0.895 bits per heavy atom. The molecule has 5 aliphatic rings. The van der Waals surface area contributed by atoms with Crippen molar-refractivity contribution in [3.8, 4) is 0 Å². The fourth-order valence-corrected chi connectivity index (χ4v) is 16.7. The first-order valence-electron chi connectivity index (χ1n) is 16.0. The van der Waals surface area contributed by atoms with Gasteiger partial charge in [0.1, 0.15) is 8.24 Å². The molecule has 0 spiro atoms. The zero-order chi connectivity index (χ0) is 27.0. The molecule has 0 N–H and O–H groups in total. The Hall–Kier alpha value is -1.16. The number of likely N-dealkylation sites (tertiary alicyclic amines) is 1. The molecule has 6 rings (SSSR count). The molecule has 5 unspecified atom stereocenters. The lowest BCUT2D eigenvalue weighted by Crippen LogP contribution is -2.65. The number of benzene rings is 1. The van der Waals surface area contributed by atoms with Gasteiger partial charge in [0.15, 0.2) is 0 Å². The molecule has 3 fully saturated rings. The Kier molecular flexibility index (Phi) is 6.72. The van der Waals surface area contributed by atoms with Gasteiger partial charge < -0.3 is 4.57 Å². The molecule has 1 heterocycles. The van der Waals surface area contributed by atoms with Gasteiger partial charge in [-0.15, -0.1) is 0 Å². The molecule has 2 saturated carbocycles. The lowest BCUT2D eigenvalue weighted by Gasteiger charge is -2.56. The van der Waals surface area contributed by atoms with Crippen LogP contribution in [0.2, 0.25) is 18.6 Å². The van der Waals surface area contributed by atoms with Gasteiger partial charge in [0, 0.05) is 23.0 Å². The van der Waals surface area contributed by atoms with Crippen molar-refractivity contribution in [1.29, 1.82) is 0 Å². The van der Waals surface area contributed by atoms with Crippen LogP contribution >= 0.6 is 0 Å². The first-order valence-corrected chi connectivity index (χ1v) is 19.0. The molecule has 0 aromatic heterocycles. The van der Waals surface area contributed by atoms with Crippen molar-refractivity contribution in [2.45, 2.75) is 128 Å². The van der Waals surface area contributed by atoms with Crippen LogP contribution in [0.25, 0.3) is 5.57 Å². The lowest BCUT2D eigenvalue weighted by atomic mass is 9.75. The summed E-state index contributed by atoms with van der Waals surface area (Å²) in [6, 6.07) is 10.8.